The minimum absolute atomic E-state index is 0.398. The Morgan fingerprint density at radius 3 is 2.68 bits per heavy atom. The highest BCUT2D eigenvalue weighted by Gasteiger charge is 2.14. The van der Waals surface area contributed by atoms with Gasteiger partial charge in [0.25, 0.3) is 0 Å². The Morgan fingerprint density at radius 1 is 1.42 bits per heavy atom. The first-order valence-electron chi connectivity index (χ1n) is 5.76. The minimum Gasteiger partial charge on any atom is -0.383 e. The smallest absolute Gasteiger partial charge is 0.140 e. The Hall–Kier alpha value is -2.06. The predicted molar refractivity (Wildman–Crippen MR) is 78.5 cm³/mol. The molecule has 0 radical (unpaired) electrons. The van der Waals surface area contributed by atoms with Gasteiger partial charge in [-0.2, -0.15) is 10.4 Å². The molecule has 4 nitrogen and oxygen atoms in total. The molecule has 2 rings (SSSR count). The third kappa shape index (κ3) is 2.85. The minimum atomic E-state index is 0.398. The molecule has 0 spiro atoms. The van der Waals surface area contributed by atoms with Crippen molar-refractivity contribution in [1.29, 1.82) is 5.26 Å². The van der Waals surface area contributed by atoms with Gasteiger partial charge in [-0.1, -0.05) is 34.1 Å². The maximum Gasteiger partial charge on any atom is 0.140 e. The molecule has 19 heavy (non-hydrogen) atoms. The van der Waals surface area contributed by atoms with E-state index in [0.717, 1.165) is 10.0 Å². The van der Waals surface area contributed by atoms with E-state index in [2.05, 4.69) is 33.7 Å². The topological polar surface area (TPSA) is 67.6 Å². The van der Waals surface area contributed by atoms with Crippen LogP contribution in [0.1, 0.15) is 16.8 Å². The number of nitrogen functional groups attached to an aromatic ring is 1. The number of aromatic nitrogens is 2. The molecule has 2 N–H and O–H groups in total. The highest BCUT2D eigenvalue weighted by molar-refractivity contribution is 9.10. The van der Waals surface area contributed by atoms with Crippen LogP contribution in [0.3, 0.4) is 0 Å². The molecule has 0 atom stereocenters. The van der Waals surface area contributed by atoms with Gasteiger partial charge in [-0.3, -0.25) is 0 Å². The predicted octanol–water partition coefficient (Wildman–Crippen LogP) is 2.88. The van der Waals surface area contributed by atoms with Gasteiger partial charge in [0.1, 0.15) is 17.5 Å². The highest BCUT2D eigenvalue weighted by atomic mass is 79.9. The number of allylic oxidation sites excluding steroid dienone is 1. The zero-order valence-corrected chi connectivity index (χ0v) is 11.9. The summed E-state index contributed by atoms with van der Waals surface area (Å²) in [6, 6.07) is 10.0. The van der Waals surface area contributed by atoms with Gasteiger partial charge < -0.3 is 5.73 Å². The monoisotopic (exact) mass is 316 g/mol. The van der Waals surface area contributed by atoms with Crippen molar-refractivity contribution in [2.24, 2.45) is 0 Å². The summed E-state index contributed by atoms with van der Waals surface area (Å²) < 4.78 is 2.62. The van der Waals surface area contributed by atoms with Gasteiger partial charge in [-0.05, 0) is 17.7 Å². The van der Waals surface area contributed by atoms with Crippen LogP contribution in [0.15, 0.2) is 41.4 Å². The first-order chi connectivity index (χ1) is 9.15. The standard InChI is InChI=1S/C14H13BrN4/c1-2-7-19-14(17)12(9-16)13(18-19)8-10-3-5-11(15)6-4-10/h2-6H,1,7-8,17H2. The van der Waals surface area contributed by atoms with Crippen molar-refractivity contribution in [3.63, 3.8) is 0 Å². The average molecular weight is 317 g/mol. The summed E-state index contributed by atoms with van der Waals surface area (Å²) >= 11 is 3.39. The quantitative estimate of drug-likeness (QED) is 0.882. The van der Waals surface area contributed by atoms with Gasteiger partial charge in [0.2, 0.25) is 0 Å². The molecule has 5 heteroatoms. The summed E-state index contributed by atoms with van der Waals surface area (Å²) in [7, 11) is 0. The lowest BCUT2D eigenvalue weighted by Crippen LogP contribution is -2.03. The van der Waals surface area contributed by atoms with E-state index in [1.165, 1.54) is 0 Å². The number of nitrogens with two attached hydrogens (primary N) is 1. The van der Waals surface area contributed by atoms with Gasteiger partial charge >= 0.3 is 0 Å². The van der Waals surface area contributed by atoms with E-state index in [4.69, 9.17) is 5.73 Å². The summed E-state index contributed by atoms with van der Waals surface area (Å²) in [5, 5.41) is 13.6. The molecular weight excluding hydrogens is 304 g/mol. The Kier molecular flexibility index (Phi) is 4.03. The first kappa shape index (κ1) is 13.4. The number of nitrogens with zero attached hydrogens (tertiary/aromatic N) is 3. The maximum absolute atomic E-state index is 9.19. The molecule has 0 amide bonds. The van der Waals surface area contributed by atoms with Crippen molar-refractivity contribution in [3.05, 3.63) is 58.2 Å². The van der Waals surface area contributed by atoms with E-state index >= 15 is 0 Å². The largest absolute Gasteiger partial charge is 0.383 e. The molecule has 1 aromatic heterocycles. The van der Waals surface area contributed by atoms with Gasteiger partial charge in [0, 0.05) is 10.9 Å². The summed E-state index contributed by atoms with van der Waals surface area (Å²) in [5.74, 6) is 0.398. The van der Waals surface area contributed by atoms with Crippen LogP contribution in [0.4, 0.5) is 5.82 Å². The number of rotatable bonds is 4. The van der Waals surface area contributed by atoms with Gasteiger partial charge in [-0.25, -0.2) is 4.68 Å². The zero-order valence-electron chi connectivity index (χ0n) is 10.3. The molecule has 2 aromatic rings. The number of halogens is 1. The Bertz CT molecular complexity index is 635. The summed E-state index contributed by atoms with van der Waals surface area (Å²) in [6.07, 6.45) is 2.29. The molecule has 0 aliphatic rings. The molecule has 0 aliphatic heterocycles. The summed E-state index contributed by atoms with van der Waals surface area (Å²) in [6.45, 7) is 4.15. The number of hydrogen-bond donors (Lipinski definition) is 1. The van der Waals surface area contributed by atoms with Crippen LogP contribution in [0.5, 0.6) is 0 Å². The van der Waals surface area contributed by atoms with E-state index in [0.29, 0.717) is 30.0 Å². The fourth-order valence-electron chi connectivity index (χ4n) is 1.83. The molecule has 0 fully saturated rings. The van der Waals surface area contributed by atoms with E-state index in [9.17, 15) is 5.26 Å². The lowest BCUT2D eigenvalue weighted by atomic mass is 10.1. The van der Waals surface area contributed by atoms with E-state index in [1.807, 2.05) is 24.3 Å². The molecule has 0 saturated carbocycles. The van der Waals surface area contributed by atoms with Crippen molar-refractivity contribution < 1.29 is 0 Å². The molecule has 0 unspecified atom stereocenters. The van der Waals surface area contributed by atoms with Crippen LogP contribution in [0.25, 0.3) is 0 Å². The Morgan fingerprint density at radius 2 is 2.11 bits per heavy atom. The van der Waals surface area contributed by atoms with Crippen LogP contribution in [0.2, 0.25) is 0 Å². The average Bonchev–Trinajstić information content (AvgIpc) is 2.69. The van der Waals surface area contributed by atoms with Crippen LogP contribution in [-0.4, -0.2) is 9.78 Å². The number of anilines is 1. The van der Waals surface area contributed by atoms with Crippen molar-refractivity contribution >= 4 is 21.7 Å². The highest BCUT2D eigenvalue weighted by Crippen LogP contribution is 2.20. The molecule has 0 bridgehead atoms. The zero-order chi connectivity index (χ0) is 13.8. The third-order valence-corrected chi connectivity index (χ3v) is 3.29. The van der Waals surface area contributed by atoms with Gasteiger partial charge in [0.05, 0.1) is 12.2 Å². The third-order valence-electron chi connectivity index (χ3n) is 2.76. The summed E-state index contributed by atoms with van der Waals surface area (Å²) in [4.78, 5) is 0. The molecule has 96 valence electrons. The van der Waals surface area contributed by atoms with E-state index < -0.39 is 0 Å². The summed E-state index contributed by atoms with van der Waals surface area (Å²) in [5.41, 5.74) is 8.13. The number of hydrogen-bond acceptors (Lipinski definition) is 3. The van der Waals surface area contributed by atoms with Crippen LogP contribution < -0.4 is 5.73 Å². The lowest BCUT2D eigenvalue weighted by molar-refractivity contribution is 0.699. The van der Waals surface area contributed by atoms with Gasteiger partial charge in [-0.15, -0.1) is 6.58 Å². The van der Waals surface area contributed by atoms with E-state index in [-0.39, 0.29) is 0 Å². The van der Waals surface area contributed by atoms with Crippen molar-refractivity contribution in [1.82, 2.24) is 9.78 Å². The molecule has 1 aromatic carbocycles. The maximum atomic E-state index is 9.19. The van der Waals surface area contributed by atoms with Crippen LogP contribution in [-0.2, 0) is 13.0 Å². The number of nitriles is 1. The van der Waals surface area contributed by atoms with Gasteiger partial charge in [0.15, 0.2) is 0 Å². The SMILES string of the molecule is C=CCn1nc(Cc2ccc(Br)cc2)c(C#N)c1N. The molecule has 0 saturated heterocycles. The Labute approximate surface area is 120 Å². The first-order valence-corrected chi connectivity index (χ1v) is 6.55. The number of benzene rings is 1. The Balaban J connectivity index is 2.34. The molecule has 1 heterocycles. The van der Waals surface area contributed by atoms with Crippen molar-refractivity contribution in [3.8, 4) is 6.07 Å². The molecule has 0 aliphatic carbocycles. The second kappa shape index (κ2) is 5.72. The van der Waals surface area contributed by atoms with E-state index in [1.54, 1.807) is 10.8 Å². The second-order valence-electron chi connectivity index (χ2n) is 4.09. The van der Waals surface area contributed by atoms with Crippen molar-refractivity contribution in [2.75, 3.05) is 5.73 Å². The normalized spacial score (nSPS) is 10.1. The van der Waals surface area contributed by atoms with Crippen molar-refractivity contribution in [2.45, 2.75) is 13.0 Å². The molecular formula is C14H13BrN4. The van der Waals surface area contributed by atoms with Crippen LogP contribution in [0, 0.1) is 11.3 Å². The fraction of sp³-hybridized carbons (Fsp3) is 0.143. The lowest BCUT2D eigenvalue weighted by Gasteiger charge is -1.99. The van der Waals surface area contributed by atoms with Crippen LogP contribution >= 0.6 is 15.9 Å². The fourth-order valence-corrected chi connectivity index (χ4v) is 2.09. The second-order valence-corrected chi connectivity index (χ2v) is 5.01.